The van der Waals surface area contributed by atoms with Crippen LogP contribution in [-0.2, 0) is 5.75 Å². The molecule has 0 aliphatic heterocycles. The summed E-state index contributed by atoms with van der Waals surface area (Å²) in [5, 5.41) is 2.06. The number of para-hydroxylation sites is 1. The van der Waals surface area contributed by atoms with Crippen molar-refractivity contribution in [3.63, 3.8) is 0 Å². The number of aromatic nitrogens is 1. The van der Waals surface area contributed by atoms with Crippen LogP contribution < -0.4 is 0 Å². The number of fused-ring (bicyclic) bond motifs is 1. The van der Waals surface area contributed by atoms with E-state index in [1.165, 1.54) is 16.5 Å². The topological polar surface area (TPSA) is 15.8 Å². The molecule has 0 saturated heterocycles. The van der Waals surface area contributed by atoms with Gasteiger partial charge in [0.2, 0.25) is 0 Å². The first-order valence-electron chi connectivity index (χ1n) is 4.94. The van der Waals surface area contributed by atoms with E-state index in [1.54, 1.807) is 0 Å². The molecular weight excluding hydrogens is 190 g/mol. The van der Waals surface area contributed by atoms with Crippen LogP contribution in [0, 0.1) is 0 Å². The smallest absolute Gasteiger partial charge is 0.0457 e. The molecule has 2 rings (SSSR count). The molecule has 0 aliphatic rings. The molecule has 0 aliphatic carbocycles. The van der Waals surface area contributed by atoms with Crippen molar-refractivity contribution in [2.75, 3.05) is 0 Å². The Morgan fingerprint density at radius 3 is 2.86 bits per heavy atom. The lowest BCUT2D eigenvalue weighted by atomic mass is 10.2. The summed E-state index contributed by atoms with van der Waals surface area (Å²) in [5.74, 6) is 1.10. The fourth-order valence-corrected chi connectivity index (χ4v) is 2.26. The van der Waals surface area contributed by atoms with Crippen LogP contribution in [0.15, 0.2) is 30.5 Å². The van der Waals surface area contributed by atoms with E-state index in [2.05, 4.69) is 49.3 Å². The van der Waals surface area contributed by atoms with Gasteiger partial charge in [-0.25, -0.2) is 0 Å². The molecule has 0 radical (unpaired) electrons. The lowest BCUT2D eigenvalue weighted by molar-refractivity contribution is 1.11. The Bertz CT molecular complexity index is 417. The SMILES string of the molecule is CC(C)SCc1c[nH]c2ccccc12. The van der Waals surface area contributed by atoms with Gasteiger partial charge < -0.3 is 4.98 Å². The highest BCUT2D eigenvalue weighted by molar-refractivity contribution is 7.99. The second-order valence-corrected chi connectivity index (χ2v) is 5.28. The van der Waals surface area contributed by atoms with E-state index in [-0.39, 0.29) is 0 Å². The lowest BCUT2D eigenvalue weighted by Crippen LogP contribution is -1.87. The third-order valence-electron chi connectivity index (χ3n) is 2.25. The van der Waals surface area contributed by atoms with Crippen molar-refractivity contribution in [3.05, 3.63) is 36.0 Å². The molecule has 0 unspecified atom stereocenters. The molecule has 0 fully saturated rings. The quantitative estimate of drug-likeness (QED) is 0.805. The maximum Gasteiger partial charge on any atom is 0.0457 e. The van der Waals surface area contributed by atoms with Gasteiger partial charge in [0.15, 0.2) is 0 Å². The maximum atomic E-state index is 3.30. The first-order chi connectivity index (χ1) is 6.77. The van der Waals surface area contributed by atoms with Gasteiger partial charge in [0.25, 0.3) is 0 Å². The lowest BCUT2D eigenvalue weighted by Gasteiger charge is -2.02. The van der Waals surface area contributed by atoms with Gasteiger partial charge in [-0.05, 0) is 16.9 Å². The van der Waals surface area contributed by atoms with Gasteiger partial charge in [0.1, 0.15) is 0 Å². The van der Waals surface area contributed by atoms with Gasteiger partial charge in [0, 0.05) is 22.9 Å². The van der Waals surface area contributed by atoms with Crippen molar-refractivity contribution in [2.45, 2.75) is 24.9 Å². The van der Waals surface area contributed by atoms with Crippen LogP contribution in [-0.4, -0.2) is 10.2 Å². The molecule has 1 N–H and O–H groups in total. The van der Waals surface area contributed by atoms with Gasteiger partial charge in [0.05, 0.1) is 0 Å². The average molecular weight is 205 g/mol. The fourth-order valence-electron chi connectivity index (χ4n) is 1.51. The molecular formula is C12H15NS. The van der Waals surface area contributed by atoms with E-state index >= 15 is 0 Å². The molecule has 14 heavy (non-hydrogen) atoms. The normalized spacial score (nSPS) is 11.4. The zero-order valence-electron chi connectivity index (χ0n) is 8.58. The molecule has 74 valence electrons. The van der Waals surface area contributed by atoms with E-state index in [0.717, 1.165) is 5.75 Å². The molecule has 0 saturated carbocycles. The van der Waals surface area contributed by atoms with Gasteiger partial charge in [-0.3, -0.25) is 0 Å². The Labute approximate surface area is 88.9 Å². The first kappa shape index (κ1) is 9.66. The Hall–Kier alpha value is -0.890. The second-order valence-electron chi connectivity index (χ2n) is 3.72. The second kappa shape index (κ2) is 4.09. The Morgan fingerprint density at radius 1 is 1.29 bits per heavy atom. The van der Waals surface area contributed by atoms with Crippen molar-refractivity contribution in [3.8, 4) is 0 Å². The molecule has 2 aromatic rings. The number of hydrogen-bond donors (Lipinski definition) is 1. The van der Waals surface area contributed by atoms with Crippen molar-refractivity contribution in [1.82, 2.24) is 4.98 Å². The van der Waals surface area contributed by atoms with Gasteiger partial charge >= 0.3 is 0 Å². The summed E-state index contributed by atoms with van der Waals surface area (Å²) in [5.41, 5.74) is 2.66. The van der Waals surface area contributed by atoms with E-state index in [0.29, 0.717) is 5.25 Å². The summed E-state index contributed by atoms with van der Waals surface area (Å²) >= 11 is 1.98. The maximum absolute atomic E-state index is 3.30. The fraction of sp³-hybridized carbons (Fsp3) is 0.333. The minimum Gasteiger partial charge on any atom is -0.361 e. The number of aromatic amines is 1. The Morgan fingerprint density at radius 2 is 2.07 bits per heavy atom. The number of H-pyrrole nitrogens is 1. The Balaban J connectivity index is 2.25. The first-order valence-corrected chi connectivity index (χ1v) is 5.99. The van der Waals surface area contributed by atoms with Gasteiger partial charge in [-0.2, -0.15) is 11.8 Å². The predicted molar refractivity (Wildman–Crippen MR) is 64.7 cm³/mol. The monoisotopic (exact) mass is 205 g/mol. The largest absolute Gasteiger partial charge is 0.361 e. The molecule has 0 atom stereocenters. The summed E-state index contributed by atoms with van der Waals surface area (Å²) in [4.78, 5) is 3.30. The van der Waals surface area contributed by atoms with Crippen LogP contribution in [0.3, 0.4) is 0 Å². The predicted octanol–water partition coefficient (Wildman–Crippen LogP) is 3.81. The summed E-state index contributed by atoms with van der Waals surface area (Å²) in [6.45, 7) is 4.47. The minimum atomic E-state index is 0.698. The third-order valence-corrected chi connectivity index (χ3v) is 3.39. The van der Waals surface area contributed by atoms with Gasteiger partial charge in [-0.1, -0.05) is 32.0 Å². The zero-order valence-corrected chi connectivity index (χ0v) is 9.40. The number of benzene rings is 1. The minimum absolute atomic E-state index is 0.698. The Kier molecular flexibility index (Phi) is 2.82. The van der Waals surface area contributed by atoms with E-state index < -0.39 is 0 Å². The number of hydrogen-bond acceptors (Lipinski definition) is 1. The van der Waals surface area contributed by atoms with Crippen LogP contribution >= 0.6 is 11.8 Å². The summed E-state index contributed by atoms with van der Waals surface area (Å²) in [6, 6.07) is 8.47. The molecule has 0 amide bonds. The van der Waals surface area contributed by atoms with Crippen LogP contribution in [0.4, 0.5) is 0 Å². The highest BCUT2D eigenvalue weighted by atomic mass is 32.2. The standard InChI is InChI=1S/C12H15NS/c1-9(2)14-8-10-7-13-12-6-4-3-5-11(10)12/h3-7,9,13H,8H2,1-2H3. The number of nitrogens with one attached hydrogen (secondary N) is 1. The number of thioether (sulfide) groups is 1. The van der Waals surface area contributed by atoms with Gasteiger partial charge in [-0.15, -0.1) is 0 Å². The highest BCUT2D eigenvalue weighted by Crippen LogP contribution is 2.24. The molecule has 2 heteroatoms. The average Bonchev–Trinajstić information content (AvgIpc) is 2.58. The van der Waals surface area contributed by atoms with Crippen LogP contribution in [0.5, 0.6) is 0 Å². The third kappa shape index (κ3) is 1.95. The molecule has 1 aromatic heterocycles. The van der Waals surface area contributed by atoms with E-state index in [9.17, 15) is 0 Å². The molecule has 0 spiro atoms. The van der Waals surface area contributed by atoms with Crippen molar-refractivity contribution in [2.24, 2.45) is 0 Å². The molecule has 1 aromatic carbocycles. The van der Waals surface area contributed by atoms with Crippen molar-refractivity contribution in [1.29, 1.82) is 0 Å². The van der Waals surface area contributed by atoms with Crippen molar-refractivity contribution < 1.29 is 0 Å². The number of rotatable bonds is 3. The van der Waals surface area contributed by atoms with E-state index in [4.69, 9.17) is 0 Å². The summed E-state index contributed by atoms with van der Waals surface area (Å²) < 4.78 is 0. The van der Waals surface area contributed by atoms with Crippen LogP contribution in [0.1, 0.15) is 19.4 Å². The molecule has 1 heterocycles. The summed E-state index contributed by atoms with van der Waals surface area (Å²) in [6.07, 6.45) is 2.13. The zero-order chi connectivity index (χ0) is 9.97. The van der Waals surface area contributed by atoms with E-state index in [1.807, 2.05) is 11.8 Å². The highest BCUT2D eigenvalue weighted by Gasteiger charge is 2.03. The summed E-state index contributed by atoms with van der Waals surface area (Å²) in [7, 11) is 0. The van der Waals surface area contributed by atoms with Crippen LogP contribution in [0.25, 0.3) is 10.9 Å². The van der Waals surface area contributed by atoms with Crippen molar-refractivity contribution >= 4 is 22.7 Å². The molecule has 0 bridgehead atoms. The van der Waals surface area contributed by atoms with Crippen LogP contribution in [0.2, 0.25) is 0 Å². The molecule has 1 nitrogen and oxygen atoms in total.